The minimum Gasteiger partial charge on any atom is -0.480 e. The second-order valence-electron chi connectivity index (χ2n) is 11.2. The number of alkyl halides is 3. The third-order valence-electron chi connectivity index (χ3n) is 7.91. The number of halogens is 3. The summed E-state index contributed by atoms with van der Waals surface area (Å²) in [4.78, 5) is 22.8. The predicted octanol–water partition coefficient (Wildman–Crippen LogP) is 6.17. The molecule has 1 aromatic carbocycles. The average Bonchev–Trinajstić information content (AvgIpc) is 3.62. The molecule has 0 aliphatic heterocycles. The fourth-order valence-electron chi connectivity index (χ4n) is 5.70. The Kier molecular flexibility index (Phi) is 6.25. The third kappa shape index (κ3) is 4.58. The first-order valence-electron chi connectivity index (χ1n) is 14.1. The summed E-state index contributed by atoms with van der Waals surface area (Å²) < 4.78 is 49.2. The number of nitrogens with zero attached hydrogens (tertiary/aromatic N) is 8. The van der Waals surface area contributed by atoms with E-state index < -0.39 is 11.9 Å². The van der Waals surface area contributed by atoms with Crippen molar-refractivity contribution in [1.82, 2.24) is 39.3 Å². The van der Waals surface area contributed by atoms with Crippen molar-refractivity contribution in [2.24, 2.45) is 0 Å². The first-order valence-corrected chi connectivity index (χ1v) is 14.1. The molecule has 0 saturated heterocycles. The van der Waals surface area contributed by atoms with E-state index in [1.807, 2.05) is 30.7 Å². The molecule has 1 saturated carbocycles. The number of methoxy groups -OCH3 is 1. The van der Waals surface area contributed by atoms with Crippen molar-refractivity contribution in [1.29, 1.82) is 0 Å². The van der Waals surface area contributed by atoms with E-state index in [1.54, 1.807) is 23.8 Å². The monoisotopic (exact) mass is 574 g/mol. The number of hydrogen-bond donors (Lipinski definition) is 0. The van der Waals surface area contributed by atoms with Gasteiger partial charge in [-0.15, -0.1) is 0 Å². The summed E-state index contributed by atoms with van der Waals surface area (Å²) in [5.74, 6) is 1.64. The van der Waals surface area contributed by atoms with Crippen molar-refractivity contribution in [2.75, 3.05) is 7.11 Å². The molecule has 216 valence electrons. The molecule has 0 spiro atoms. The first-order chi connectivity index (χ1) is 20.2. The van der Waals surface area contributed by atoms with Crippen LogP contribution in [0.1, 0.15) is 73.4 Å². The third-order valence-corrected chi connectivity index (χ3v) is 7.91. The molecule has 0 amide bonds. The Bertz CT molecular complexity index is 1800. The van der Waals surface area contributed by atoms with Crippen LogP contribution in [-0.4, -0.2) is 46.4 Å². The molecule has 2 aliphatic rings. The topological polar surface area (TPSA) is 96.4 Å². The second kappa shape index (κ2) is 9.88. The number of rotatable bonds is 7. The Hall–Kier alpha value is -4.35. The zero-order valence-corrected chi connectivity index (χ0v) is 23.5. The van der Waals surface area contributed by atoms with Crippen molar-refractivity contribution in [3.8, 4) is 28.7 Å². The molecule has 0 radical (unpaired) electrons. The highest BCUT2D eigenvalue weighted by Crippen LogP contribution is 2.45. The van der Waals surface area contributed by atoms with Crippen LogP contribution in [0.5, 0.6) is 5.88 Å². The SMILES string of the molecule is COc1ncnc(C2CC2)c1-c1nc2c3c(nn(Cc4ccc(-c5nc(C(F)(F)F)cn5C(C)C)cc4)c3n1)CCC2. The lowest BCUT2D eigenvalue weighted by Crippen LogP contribution is -2.08. The Labute approximate surface area is 239 Å². The highest BCUT2D eigenvalue weighted by molar-refractivity contribution is 5.84. The smallest absolute Gasteiger partial charge is 0.434 e. The molecule has 42 heavy (non-hydrogen) atoms. The number of ether oxygens (including phenoxy) is 1. The van der Waals surface area contributed by atoms with Crippen molar-refractivity contribution in [3.05, 3.63) is 65.1 Å². The molecule has 4 heterocycles. The number of benzene rings is 1. The van der Waals surface area contributed by atoms with Gasteiger partial charge < -0.3 is 9.30 Å². The van der Waals surface area contributed by atoms with Crippen LogP contribution in [0.25, 0.3) is 33.8 Å². The Morgan fingerprint density at radius 3 is 2.45 bits per heavy atom. The van der Waals surface area contributed by atoms with Gasteiger partial charge in [0, 0.05) is 23.7 Å². The van der Waals surface area contributed by atoms with E-state index in [9.17, 15) is 13.2 Å². The second-order valence-corrected chi connectivity index (χ2v) is 11.2. The minimum absolute atomic E-state index is 0.177. The fraction of sp³-hybridized carbons (Fsp3) is 0.400. The summed E-state index contributed by atoms with van der Waals surface area (Å²) in [7, 11) is 1.59. The molecular weight excluding hydrogens is 545 g/mol. The van der Waals surface area contributed by atoms with Crippen LogP contribution in [0.4, 0.5) is 13.2 Å². The summed E-state index contributed by atoms with van der Waals surface area (Å²) in [5, 5.41) is 5.91. The Morgan fingerprint density at radius 2 is 1.76 bits per heavy atom. The minimum atomic E-state index is -4.51. The van der Waals surface area contributed by atoms with Gasteiger partial charge in [0.2, 0.25) is 5.88 Å². The maximum absolute atomic E-state index is 13.4. The average molecular weight is 575 g/mol. The van der Waals surface area contributed by atoms with Crippen molar-refractivity contribution >= 4 is 11.0 Å². The van der Waals surface area contributed by atoms with Crippen LogP contribution < -0.4 is 4.74 Å². The summed E-state index contributed by atoms with van der Waals surface area (Å²) in [6.45, 7) is 4.11. The van der Waals surface area contributed by atoms with E-state index in [1.165, 1.54) is 6.33 Å². The zero-order chi connectivity index (χ0) is 29.2. The summed E-state index contributed by atoms with van der Waals surface area (Å²) in [6.07, 6.45) is 2.85. The molecule has 5 aromatic rings. The maximum atomic E-state index is 13.4. The molecule has 2 aliphatic carbocycles. The molecule has 9 nitrogen and oxygen atoms in total. The van der Waals surface area contributed by atoms with E-state index in [0.29, 0.717) is 29.7 Å². The van der Waals surface area contributed by atoms with Crippen LogP contribution in [0.15, 0.2) is 36.8 Å². The highest BCUT2D eigenvalue weighted by atomic mass is 19.4. The predicted molar refractivity (Wildman–Crippen MR) is 149 cm³/mol. The van der Waals surface area contributed by atoms with Crippen LogP contribution >= 0.6 is 0 Å². The molecule has 0 unspecified atom stereocenters. The normalized spacial score (nSPS) is 15.1. The quantitative estimate of drug-likeness (QED) is 0.229. The van der Waals surface area contributed by atoms with Crippen LogP contribution in [-0.2, 0) is 25.6 Å². The Balaban J connectivity index is 1.27. The van der Waals surface area contributed by atoms with Crippen molar-refractivity contribution in [3.63, 3.8) is 0 Å². The van der Waals surface area contributed by atoms with Gasteiger partial charge in [0.05, 0.1) is 36.1 Å². The van der Waals surface area contributed by atoms with Crippen molar-refractivity contribution in [2.45, 2.75) is 70.6 Å². The van der Waals surface area contributed by atoms with Gasteiger partial charge >= 0.3 is 6.18 Å². The maximum Gasteiger partial charge on any atom is 0.434 e. The Morgan fingerprint density at radius 1 is 1.00 bits per heavy atom. The van der Waals surface area contributed by atoms with E-state index in [4.69, 9.17) is 19.8 Å². The molecule has 12 heteroatoms. The van der Waals surface area contributed by atoms with Crippen molar-refractivity contribution < 1.29 is 17.9 Å². The molecule has 0 N–H and O–H groups in total. The van der Waals surface area contributed by atoms with Gasteiger partial charge in [-0.2, -0.15) is 18.3 Å². The standard InChI is InChI=1S/C30H29F3N8O/c1-16(2)40-14-22(30(31,32)33)37-27(40)19-9-7-17(8-10-19)13-41-28-23-20(5-4-6-21(23)39-41)36-26(38-28)24-25(18-11-12-18)34-15-35-29(24)42-3/h7-10,14-16,18H,4-6,11-13H2,1-3H3. The van der Waals surface area contributed by atoms with Gasteiger partial charge in [0.1, 0.15) is 17.7 Å². The van der Waals surface area contributed by atoms with Gasteiger partial charge in [-0.1, -0.05) is 24.3 Å². The lowest BCUT2D eigenvalue weighted by Gasteiger charge is -2.14. The lowest BCUT2D eigenvalue weighted by atomic mass is 10.0. The molecule has 0 bridgehead atoms. The highest BCUT2D eigenvalue weighted by Gasteiger charge is 2.35. The summed E-state index contributed by atoms with van der Waals surface area (Å²) in [6, 6.07) is 7.24. The fourth-order valence-corrected chi connectivity index (χ4v) is 5.70. The molecule has 4 aromatic heterocycles. The van der Waals surface area contributed by atoms with Crippen LogP contribution in [0.3, 0.4) is 0 Å². The number of hydrogen-bond acceptors (Lipinski definition) is 7. The van der Waals surface area contributed by atoms with E-state index >= 15 is 0 Å². The van der Waals surface area contributed by atoms with E-state index in [2.05, 4.69) is 15.0 Å². The zero-order valence-electron chi connectivity index (χ0n) is 23.5. The van der Waals surface area contributed by atoms with Gasteiger partial charge in [-0.25, -0.2) is 29.6 Å². The number of aromatic nitrogens is 8. The molecule has 1 fully saturated rings. The largest absolute Gasteiger partial charge is 0.480 e. The molecule has 7 rings (SSSR count). The molecule has 0 atom stereocenters. The lowest BCUT2D eigenvalue weighted by molar-refractivity contribution is -0.140. The van der Waals surface area contributed by atoms with Gasteiger partial charge in [0.25, 0.3) is 0 Å². The van der Waals surface area contributed by atoms with Crippen LogP contribution in [0, 0.1) is 0 Å². The summed E-state index contributed by atoms with van der Waals surface area (Å²) in [5.41, 5.74) is 5.00. The van der Waals surface area contributed by atoms with E-state index in [0.717, 1.165) is 77.5 Å². The van der Waals surface area contributed by atoms with E-state index in [-0.39, 0.29) is 11.9 Å². The first kappa shape index (κ1) is 26.5. The van der Waals surface area contributed by atoms with Gasteiger partial charge in [0.15, 0.2) is 17.2 Å². The van der Waals surface area contributed by atoms with Crippen LogP contribution in [0.2, 0.25) is 0 Å². The number of imidazole rings is 1. The van der Waals surface area contributed by atoms with Gasteiger partial charge in [-0.05, 0) is 51.5 Å². The summed E-state index contributed by atoms with van der Waals surface area (Å²) >= 11 is 0. The number of aryl methyl sites for hydroxylation is 2. The molecular formula is C30H29F3N8O. The van der Waals surface area contributed by atoms with Gasteiger partial charge in [-0.3, -0.25) is 0 Å².